The van der Waals surface area contributed by atoms with Gasteiger partial charge < -0.3 is 10.4 Å². The Morgan fingerprint density at radius 2 is 2.19 bits per heavy atom. The molecule has 3 nitrogen and oxygen atoms in total. The normalized spacial score (nSPS) is 20.3. The van der Waals surface area contributed by atoms with Crippen LogP contribution in [0, 0.1) is 5.41 Å². The van der Waals surface area contributed by atoms with Crippen molar-refractivity contribution in [2.24, 2.45) is 5.41 Å². The van der Waals surface area contributed by atoms with Gasteiger partial charge in [-0.2, -0.15) is 0 Å². The monoisotopic (exact) mass is 322 g/mol. The number of phenols is 1. The predicted octanol–water partition coefficient (Wildman–Crippen LogP) is 4.40. The lowest BCUT2D eigenvalue weighted by Crippen LogP contribution is -2.30. The highest BCUT2D eigenvalue weighted by molar-refractivity contribution is 7.15. The van der Waals surface area contributed by atoms with Gasteiger partial charge >= 0.3 is 0 Å². The molecule has 2 aromatic rings. The molecule has 1 aromatic heterocycles. The maximum absolute atomic E-state index is 9.54. The van der Waals surface area contributed by atoms with E-state index in [1.54, 1.807) is 23.5 Å². The predicted molar refractivity (Wildman–Crippen MR) is 88.1 cm³/mol. The molecule has 0 amide bonds. The third-order valence-electron chi connectivity index (χ3n) is 3.99. The standard InChI is InChI=1S/C16H19ClN2OS/c1-16(2)7-11(18-3)14-12(8-16)19-15(21-14)9-4-5-13(20)10(17)6-9/h4-6,11,18,20H,7-8H2,1-3H3. The minimum Gasteiger partial charge on any atom is -0.506 e. The number of halogens is 1. The lowest BCUT2D eigenvalue weighted by Gasteiger charge is -2.34. The Labute approximate surface area is 134 Å². The average Bonchev–Trinajstić information content (AvgIpc) is 2.83. The van der Waals surface area contributed by atoms with Crippen LogP contribution in [0.25, 0.3) is 10.6 Å². The molecule has 0 aliphatic heterocycles. The first-order valence-electron chi connectivity index (χ1n) is 7.05. The molecule has 21 heavy (non-hydrogen) atoms. The summed E-state index contributed by atoms with van der Waals surface area (Å²) in [6, 6.07) is 5.63. The number of rotatable bonds is 2. The molecule has 3 rings (SSSR count). The second kappa shape index (κ2) is 5.27. The summed E-state index contributed by atoms with van der Waals surface area (Å²) in [5, 5.41) is 14.3. The van der Waals surface area contributed by atoms with E-state index < -0.39 is 0 Å². The van der Waals surface area contributed by atoms with E-state index in [0.717, 1.165) is 23.4 Å². The fourth-order valence-electron chi connectivity index (χ4n) is 2.93. The van der Waals surface area contributed by atoms with Crippen LogP contribution in [-0.2, 0) is 6.42 Å². The number of thiazole rings is 1. The molecule has 0 fully saturated rings. The number of aromatic nitrogens is 1. The van der Waals surface area contributed by atoms with Gasteiger partial charge in [0.1, 0.15) is 10.8 Å². The van der Waals surface area contributed by atoms with Crippen molar-refractivity contribution in [3.05, 3.63) is 33.8 Å². The van der Waals surface area contributed by atoms with Gasteiger partial charge in [-0.3, -0.25) is 0 Å². The molecule has 1 heterocycles. The number of nitrogens with one attached hydrogen (secondary N) is 1. The lowest BCUT2D eigenvalue weighted by atomic mass is 9.76. The van der Waals surface area contributed by atoms with Crippen molar-refractivity contribution in [2.45, 2.75) is 32.7 Å². The van der Waals surface area contributed by atoms with E-state index in [2.05, 4.69) is 19.2 Å². The van der Waals surface area contributed by atoms with Gasteiger partial charge in [0.2, 0.25) is 0 Å². The topological polar surface area (TPSA) is 45.2 Å². The Morgan fingerprint density at radius 1 is 1.43 bits per heavy atom. The maximum Gasteiger partial charge on any atom is 0.134 e. The zero-order valence-corrected chi connectivity index (χ0v) is 14.0. The van der Waals surface area contributed by atoms with Crippen LogP contribution in [0.1, 0.15) is 36.9 Å². The highest BCUT2D eigenvalue weighted by atomic mass is 35.5. The number of benzene rings is 1. The number of hydrogen-bond acceptors (Lipinski definition) is 4. The van der Waals surface area contributed by atoms with E-state index in [9.17, 15) is 5.11 Å². The fourth-order valence-corrected chi connectivity index (χ4v) is 4.30. The van der Waals surface area contributed by atoms with Crippen molar-refractivity contribution < 1.29 is 5.11 Å². The fraction of sp³-hybridized carbons (Fsp3) is 0.438. The van der Waals surface area contributed by atoms with Crippen molar-refractivity contribution >= 4 is 22.9 Å². The molecule has 2 N–H and O–H groups in total. The quantitative estimate of drug-likeness (QED) is 0.861. The molecule has 0 spiro atoms. The Morgan fingerprint density at radius 3 is 2.86 bits per heavy atom. The largest absolute Gasteiger partial charge is 0.506 e. The van der Waals surface area contributed by atoms with Crippen LogP contribution < -0.4 is 5.32 Å². The van der Waals surface area contributed by atoms with Crippen molar-refractivity contribution in [1.29, 1.82) is 0 Å². The van der Waals surface area contributed by atoms with Gasteiger partial charge in [-0.15, -0.1) is 11.3 Å². The molecule has 1 unspecified atom stereocenters. The second-order valence-corrected chi connectivity index (χ2v) is 7.82. The van der Waals surface area contributed by atoms with Crippen LogP contribution in [0.2, 0.25) is 5.02 Å². The van der Waals surface area contributed by atoms with Gasteiger partial charge in [0.05, 0.1) is 10.7 Å². The van der Waals surface area contributed by atoms with Gasteiger partial charge in [0.25, 0.3) is 0 Å². The summed E-state index contributed by atoms with van der Waals surface area (Å²) in [5.74, 6) is 0.107. The number of fused-ring (bicyclic) bond motifs is 1. The molecule has 112 valence electrons. The van der Waals surface area contributed by atoms with Gasteiger partial charge in [-0.25, -0.2) is 4.98 Å². The van der Waals surface area contributed by atoms with E-state index in [1.807, 2.05) is 13.1 Å². The van der Waals surface area contributed by atoms with E-state index in [-0.39, 0.29) is 11.2 Å². The van der Waals surface area contributed by atoms with Crippen LogP contribution >= 0.6 is 22.9 Å². The van der Waals surface area contributed by atoms with Crippen molar-refractivity contribution in [2.75, 3.05) is 7.05 Å². The molecule has 1 aromatic carbocycles. The Bertz CT molecular complexity index is 681. The molecule has 0 bridgehead atoms. The van der Waals surface area contributed by atoms with Crippen LogP contribution in [0.5, 0.6) is 5.75 Å². The van der Waals surface area contributed by atoms with Crippen molar-refractivity contribution in [1.82, 2.24) is 10.3 Å². The molecule has 0 radical (unpaired) electrons. The Balaban J connectivity index is 2.04. The zero-order chi connectivity index (χ0) is 15.2. The third-order valence-corrected chi connectivity index (χ3v) is 5.55. The van der Waals surface area contributed by atoms with Gasteiger partial charge in [-0.05, 0) is 43.5 Å². The SMILES string of the molecule is CNC1CC(C)(C)Cc2nc(-c3ccc(O)c(Cl)c3)sc21. The first kappa shape index (κ1) is 14.8. The molecule has 1 aliphatic carbocycles. The van der Waals surface area contributed by atoms with Gasteiger partial charge in [0, 0.05) is 16.5 Å². The van der Waals surface area contributed by atoms with E-state index in [0.29, 0.717) is 11.1 Å². The summed E-state index contributed by atoms with van der Waals surface area (Å²) in [6.07, 6.45) is 2.12. The summed E-state index contributed by atoms with van der Waals surface area (Å²) in [7, 11) is 2.01. The third kappa shape index (κ3) is 2.80. The molecule has 1 aliphatic rings. The first-order chi connectivity index (χ1) is 9.89. The Kier molecular flexibility index (Phi) is 3.72. The zero-order valence-electron chi connectivity index (χ0n) is 12.4. The summed E-state index contributed by atoms with van der Waals surface area (Å²) < 4.78 is 0. The van der Waals surface area contributed by atoms with E-state index >= 15 is 0 Å². The Hall–Kier alpha value is -1.10. The van der Waals surface area contributed by atoms with Crippen LogP contribution in [0.4, 0.5) is 0 Å². The van der Waals surface area contributed by atoms with Gasteiger partial charge in [-0.1, -0.05) is 25.4 Å². The molecule has 5 heteroatoms. The number of nitrogens with zero attached hydrogens (tertiary/aromatic N) is 1. The highest BCUT2D eigenvalue weighted by Gasteiger charge is 2.34. The first-order valence-corrected chi connectivity index (χ1v) is 8.25. The van der Waals surface area contributed by atoms with E-state index in [4.69, 9.17) is 16.6 Å². The molecule has 0 saturated heterocycles. The summed E-state index contributed by atoms with van der Waals surface area (Å²) in [6.45, 7) is 4.58. The van der Waals surface area contributed by atoms with E-state index in [1.165, 1.54) is 10.6 Å². The minimum absolute atomic E-state index is 0.107. The van der Waals surface area contributed by atoms with Crippen molar-refractivity contribution in [3.8, 4) is 16.3 Å². The second-order valence-electron chi connectivity index (χ2n) is 6.38. The summed E-state index contributed by atoms with van der Waals surface area (Å²) in [5.41, 5.74) is 2.41. The smallest absolute Gasteiger partial charge is 0.134 e. The number of phenolic OH excluding ortho intramolecular Hbond substituents is 1. The molecule has 1 atom stereocenters. The van der Waals surface area contributed by atoms with Gasteiger partial charge in [0.15, 0.2) is 0 Å². The molecular formula is C16H19ClN2OS. The average molecular weight is 323 g/mol. The van der Waals surface area contributed by atoms with Crippen LogP contribution in [0.3, 0.4) is 0 Å². The molecule has 0 saturated carbocycles. The summed E-state index contributed by atoms with van der Waals surface area (Å²) >= 11 is 7.73. The lowest BCUT2D eigenvalue weighted by molar-refractivity contribution is 0.265. The molecular weight excluding hydrogens is 304 g/mol. The van der Waals surface area contributed by atoms with Crippen LogP contribution in [-0.4, -0.2) is 17.1 Å². The van der Waals surface area contributed by atoms with Crippen molar-refractivity contribution in [3.63, 3.8) is 0 Å². The number of aromatic hydroxyl groups is 1. The maximum atomic E-state index is 9.54. The minimum atomic E-state index is 0.107. The number of hydrogen-bond donors (Lipinski definition) is 2. The van der Waals surface area contributed by atoms with Crippen LogP contribution in [0.15, 0.2) is 18.2 Å². The highest BCUT2D eigenvalue weighted by Crippen LogP contribution is 2.45. The summed E-state index contributed by atoms with van der Waals surface area (Å²) in [4.78, 5) is 6.15.